The molecule has 1 aromatic heterocycles. The normalized spacial score (nSPS) is 16.9. The molecule has 1 saturated carbocycles. The summed E-state index contributed by atoms with van der Waals surface area (Å²) in [5.74, 6) is 0.672. The largest absolute Gasteiger partial charge is 0.475 e. The highest BCUT2D eigenvalue weighted by Gasteiger charge is 2.47. The van der Waals surface area contributed by atoms with Gasteiger partial charge >= 0.3 is 0 Å². The Hall–Kier alpha value is -1.66. The number of anilines is 1. The number of carbonyl (C=O) groups excluding carboxylic acids is 1. The SMILES string of the molecule is CCOCCOc1ccc(NC(=O)[C@](C)(OC)C2CC2)cn1. The number of amides is 1. The first kappa shape index (κ1) is 16.7. The Balaban J connectivity index is 1.86. The third-order valence-electron chi connectivity index (χ3n) is 3.91. The molecule has 22 heavy (non-hydrogen) atoms. The number of ether oxygens (including phenoxy) is 3. The van der Waals surface area contributed by atoms with Crippen molar-refractivity contribution in [2.24, 2.45) is 5.92 Å². The molecular formula is C16H24N2O4. The molecule has 122 valence electrons. The molecule has 0 spiro atoms. The minimum atomic E-state index is -0.771. The molecule has 2 rings (SSSR count). The minimum absolute atomic E-state index is 0.135. The molecule has 1 aliphatic carbocycles. The number of rotatable bonds is 9. The fourth-order valence-electron chi connectivity index (χ4n) is 2.22. The Labute approximate surface area is 131 Å². The lowest BCUT2D eigenvalue weighted by atomic mass is 9.99. The molecule has 0 bridgehead atoms. The van der Waals surface area contributed by atoms with E-state index < -0.39 is 5.60 Å². The van der Waals surface area contributed by atoms with E-state index >= 15 is 0 Å². The second-order valence-electron chi connectivity index (χ2n) is 5.47. The van der Waals surface area contributed by atoms with Crippen LogP contribution in [0.1, 0.15) is 26.7 Å². The fourth-order valence-corrected chi connectivity index (χ4v) is 2.22. The Morgan fingerprint density at radius 3 is 2.73 bits per heavy atom. The van der Waals surface area contributed by atoms with Crippen molar-refractivity contribution >= 4 is 11.6 Å². The van der Waals surface area contributed by atoms with Crippen molar-refractivity contribution in [3.63, 3.8) is 0 Å². The maximum Gasteiger partial charge on any atom is 0.256 e. The van der Waals surface area contributed by atoms with E-state index in [-0.39, 0.29) is 5.91 Å². The van der Waals surface area contributed by atoms with E-state index in [1.165, 1.54) is 0 Å². The molecule has 6 heteroatoms. The number of hydrogen-bond acceptors (Lipinski definition) is 5. The van der Waals surface area contributed by atoms with Gasteiger partial charge in [0.05, 0.1) is 18.5 Å². The topological polar surface area (TPSA) is 69.7 Å². The maximum absolute atomic E-state index is 12.4. The van der Waals surface area contributed by atoms with Crippen LogP contribution in [-0.4, -0.2) is 43.4 Å². The monoisotopic (exact) mass is 308 g/mol. The van der Waals surface area contributed by atoms with Gasteiger partial charge in [-0.15, -0.1) is 0 Å². The number of aromatic nitrogens is 1. The average molecular weight is 308 g/mol. The van der Waals surface area contributed by atoms with E-state index in [4.69, 9.17) is 14.2 Å². The van der Waals surface area contributed by atoms with Crippen LogP contribution < -0.4 is 10.1 Å². The van der Waals surface area contributed by atoms with Crippen molar-refractivity contribution in [1.82, 2.24) is 4.98 Å². The lowest BCUT2D eigenvalue weighted by Gasteiger charge is -2.26. The van der Waals surface area contributed by atoms with Gasteiger partial charge in [-0.2, -0.15) is 0 Å². The first-order valence-corrected chi connectivity index (χ1v) is 7.63. The molecule has 1 heterocycles. The molecular weight excluding hydrogens is 284 g/mol. The van der Waals surface area contributed by atoms with Crippen molar-refractivity contribution in [2.45, 2.75) is 32.3 Å². The summed E-state index contributed by atoms with van der Waals surface area (Å²) in [6.45, 7) is 5.42. The van der Waals surface area contributed by atoms with Crippen molar-refractivity contribution in [3.05, 3.63) is 18.3 Å². The highest BCUT2D eigenvalue weighted by atomic mass is 16.5. The summed E-state index contributed by atoms with van der Waals surface area (Å²) in [4.78, 5) is 16.5. The summed E-state index contributed by atoms with van der Waals surface area (Å²) >= 11 is 0. The molecule has 6 nitrogen and oxygen atoms in total. The van der Waals surface area contributed by atoms with E-state index in [2.05, 4.69) is 10.3 Å². The number of hydrogen-bond donors (Lipinski definition) is 1. The molecule has 0 radical (unpaired) electrons. The average Bonchev–Trinajstić information content (AvgIpc) is 3.37. The molecule has 1 atom stereocenters. The smallest absolute Gasteiger partial charge is 0.256 e. The first-order valence-electron chi connectivity index (χ1n) is 7.63. The number of nitrogens with one attached hydrogen (secondary N) is 1. The Kier molecular flexibility index (Phi) is 5.74. The summed E-state index contributed by atoms with van der Waals surface area (Å²) in [7, 11) is 1.57. The predicted molar refractivity (Wildman–Crippen MR) is 83.0 cm³/mol. The van der Waals surface area contributed by atoms with Crippen molar-refractivity contribution in [3.8, 4) is 5.88 Å². The van der Waals surface area contributed by atoms with Crippen LogP contribution in [0.2, 0.25) is 0 Å². The molecule has 1 N–H and O–H groups in total. The summed E-state index contributed by atoms with van der Waals surface area (Å²) < 4.78 is 16.0. The van der Waals surface area contributed by atoms with Gasteiger partial charge in [0.2, 0.25) is 5.88 Å². The minimum Gasteiger partial charge on any atom is -0.475 e. The van der Waals surface area contributed by atoms with E-state index in [1.54, 1.807) is 25.4 Å². The van der Waals surface area contributed by atoms with Gasteiger partial charge in [0.1, 0.15) is 12.2 Å². The zero-order valence-corrected chi connectivity index (χ0v) is 13.4. The molecule has 1 fully saturated rings. The first-order chi connectivity index (χ1) is 10.6. The highest BCUT2D eigenvalue weighted by molar-refractivity contribution is 5.97. The zero-order valence-electron chi connectivity index (χ0n) is 13.4. The Morgan fingerprint density at radius 2 is 2.18 bits per heavy atom. The molecule has 1 aliphatic rings. The molecule has 0 unspecified atom stereocenters. The van der Waals surface area contributed by atoms with Crippen LogP contribution in [0.25, 0.3) is 0 Å². The predicted octanol–water partition coefficient (Wildman–Crippen LogP) is 2.25. The Morgan fingerprint density at radius 1 is 1.41 bits per heavy atom. The van der Waals surface area contributed by atoms with Gasteiger partial charge in [-0.3, -0.25) is 4.79 Å². The summed E-state index contributed by atoms with van der Waals surface area (Å²) in [5, 5.41) is 2.85. The lowest BCUT2D eigenvalue weighted by molar-refractivity contribution is -0.138. The van der Waals surface area contributed by atoms with Gasteiger partial charge in [0, 0.05) is 19.8 Å². The van der Waals surface area contributed by atoms with Gasteiger partial charge in [-0.1, -0.05) is 0 Å². The van der Waals surface area contributed by atoms with E-state index in [0.29, 0.717) is 37.3 Å². The maximum atomic E-state index is 12.4. The third kappa shape index (κ3) is 4.18. The van der Waals surface area contributed by atoms with Crippen LogP contribution in [0.5, 0.6) is 5.88 Å². The Bertz CT molecular complexity index is 487. The second kappa shape index (κ2) is 7.56. The second-order valence-corrected chi connectivity index (χ2v) is 5.47. The molecule has 1 amide bonds. The van der Waals surface area contributed by atoms with E-state index in [9.17, 15) is 4.79 Å². The van der Waals surface area contributed by atoms with Gasteiger partial charge < -0.3 is 19.5 Å². The fraction of sp³-hybridized carbons (Fsp3) is 0.625. The van der Waals surface area contributed by atoms with E-state index in [1.807, 2.05) is 13.8 Å². The van der Waals surface area contributed by atoms with Crippen molar-refractivity contribution in [1.29, 1.82) is 0 Å². The number of pyridine rings is 1. The van der Waals surface area contributed by atoms with Gasteiger partial charge in [-0.25, -0.2) is 4.98 Å². The molecule has 1 aromatic rings. The number of nitrogens with zero attached hydrogens (tertiary/aromatic N) is 1. The lowest BCUT2D eigenvalue weighted by Crippen LogP contribution is -2.44. The summed E-state index contributed by atoms with van der Waals surface area (Å²) in [6, 6.07) is 3.49. The quantitative estimate of drug-likeness (QED) is 0.709. The molecule has 0 saturated heterocycles. The van der Waals surface area contributed by atoms with Crippen LogP contribution in [0, 0.1) is 5.92 Å². The van der Waals surface area contributed by atoms with Crippen LogP contribution in [-0.2, 0) is 14.3 Å². The van der Waals surface area contributed by atoms with Gasteiger partial charge in [-0.05, 0) is 38.7 Å². The van der Waals surface area contributed by atoms with E-state index in [0.717, 1.165) is 12.8 Å². The number of carbonyl (C=O) groups is 1. The standard InChI is InChI=1S/C16H24N2O4/c1-4-21-9-10-22-14-8-7-13(11-17-14)18-15(19)16(2,20-3)12-5-6-12/h7-8,11-12H,4-6,9-10H2,1-3H3,(H,18,19)/t16-/m1/s1. The van der Waals surface area contributed by atoms with Crippen molar-refractivity contribution in [2.75, 3.05) is 32.2 Å². The molecule has 0 aromatic carbocycles. The van der Waals surface area contributed by atoms with Gasteiger partial charge in [0.25, 0.3) is 5.91 Å². The van der Waals surface area contributed by atoms with Gasteiger partial charge in [0.15, 0.2) is 0 Å². The zero-order chi connectivity index (χ0) is 16.0. The summed E-state index contributed by atoms with van der Waals surface area (Å²) in [6.07, 6.45) is 3.64. The number of methoxy groups -OCH3 is 1. The van der Waals surface area contributed by atoms with Crippen LogP contribution in [0.3, 0.4) is 0 Å². The van der Waals surface area contributed by atoms with Crippen molar-refractivity contribution < 1.29 is 19.0 Å². The summed E-state index contributed by atoms with van der Waals surface area (Å²) in [5.41, 5.74) is -0.141. The highest BCUT2D eigenvalue weighted by Crippen LogP contribution is 2.42. The van der Waals surface area contributed by atoms with Crippen LogP contribution in [0.4, 0.5) is 5.69 Å². The van der Waals surface area contributed by atoms with Crippen LogP contribution >= 0.6 is 0 Å². The third-order valence-corrected chi connectivity index (χ3v) is 3.91. The van der Waals surface area contributed by atoms with Crippen LogP contribution in [0.15, 0.2) is 18.3 Å². The molecule has 0 aliphatic heterocycles.